The molecule has 60 heavy (non-hydrogen) atoms. The van der Waals surface area contributed by atoms with Crippen LogP contribution in [0.1, 0.15) is 37.3 Å². The summed E-state index contributed by atoms with van der Waals surface area (Å²) in [7, 11) is 1.48. The molecular formula is C47H45N2O10P. The van der Waals surface area contributed by atoms with E-state index in [9.17, 15) is 19.7 Å². The Morgan fingerprint density at radius 1 is 0.733 bits per heavy atom. The number of amides is 1. The van der Waals surface area contributed by atoms with Crippen LogP contribution in [0.3, 0.4) is 0 Å². The Labute approximate surface area is 348 Å². The summed E-state index contributed by atoms with van der Waals surface area (Å²) in [5, 5.41) is 13.5. The molecule has 2 fully saturated rings. The number of methoxy groups -OCH3 is 1. The van der Waals surface area contributed by atoms with Gasteiger partial charge >= 0.3 is 12.1 Å². The van der Waals surface area contributed by atoms with Crippen molar-refractivity contribution in [2.75, 3.05) is 7.11 Å². The average Bonchev–Trinajstić information content (AvgIpc) is 3.28. The second-order valence-corrected chi connectivity index (χ2v) is 18.1. The Kier molecular flexibility index (Phi) is 13.0. The number of hydrogen-bond donors (Lipinski definition) is 0. The second-order valence-electron chi connectivity index (χ2n) is 14.7. The number of ether oxygens (including phenoxy) is 4. The average molecular weight is 829 g/mol. The number of carbonyl (C=O) groups is 4. The molecule has 2 aliphatic rings. The highest BCUT2D eigenvalue weighted by Gasteiger charge is 2.61. The lowest BCUT2D eigenvalue weighted by molar-refractivity contribution is -0.384. The minimum Gasteiger partial charge on any atom is -0.456 e. The zero-order valence-corrected chi connectivity index (χ0v) is 34.1. The zero-order chi connectivity index (χ0) is 42.2. The number of carbonyl (C=O) groups excluding carboxylic acids is 4. The van der Waals surface area contributed by atoms with E-state index >= 15 is 9.59 Å². The predicted octanol–water partition coefficient (Wildman–Crippen LogP) is 6.72. The molecule has 1 heterocycles. The number of nitrogens with zero attached hydrogens (tertiary/aromatic N) is 2. The summed E-state index contributed by atoms with van der Waals surface area (Å²) in [6.07, 6.45) is -1.37. The smallest absolute Gasteiger partial charge is 0.456 e. The topological polar surface area (TPSA) is 152 Å². The Balaban J connectivity index is 1.38. The Morgan fingerprint density at radius 3 is 1.75 bits per heavy atom. The molecule has 0 unspecified atom stereocenters. The van der Waals surface area contributed by atoms with Crippen molar-refractivity contribution >= 4 is 57.7 Å². The highest BCUT2D eigenvalue weighted by atomic mass is 31.2. The van der Waals surface area contributed by atoms with Crippen LogP contribution in [0.2, 0.25) is 0 Å². The number of benzene rings is 5. The van der Waals surface area contributed by atoms with E-state index in [1.54, 1.807) is 6.92 Å². The second kappa shape index (κ2) is 18.7. The van der Waals surface area contributed by atoms with Gasteiger partial charge in [0.15, 0.2) is 5.78 Å². The minimum atomic E-state index is -3.34. The molecule has 1 amide bonds. The summed E-state index contributed by atoms with van der Waals surface area (Å²) >= 11 is 0. The molecule has 1 saturated heterocycles. The van der Waals surface area contributed by atoms with Crippen LogP contribution in [-0.4, -0.2) is 64.4 Å². The van der Waals surface area contributed by atoms with Gasteiger partial charge in [0.2, 0.25) is 5.91 Å². The third kappa shape index (κ3) is 8.39. The summed E-state index contributed by atoms with van der Waals surface area (Å²) in [6.45, 7) is -2.08. The molecule has 0 N–H and O–H groups in total. The van der Waals surface area contributed by atoms with E-state index in [-0.39, 0.29) is 30.1 Å². The maximum absolute atomic E-state index is 15.3. The molecule has 0 spiro atoms. The summed E-state index contributed by atoms with van der Waals surface area (Å²) in [4.78, 5) is 70.2. The van der Waals surface area contributed by atoms with E-state index < -0.39 is 59.9 Å². The molecule has 1 aliphatic heterocycles. The van der Waals surface area contributed by atoms with E-state index in [1.165, 1.54) is 36.3 Å². The zero-order valence-electron chi connectivity index (χ0n) is 33.2. The number of nitro benzene ring substituents is 1. The molecule has 1 aliphatic carbocycles. The molecular weight excluding hydrogens is 783 g/mol. The lowest BCUT2D eigenvalue weighted by Gasteiger charge is -2.54. The predicted molar refractivity (Wildman–Crippen MR) is 227 cm³/mol. The molecule has 1 saturated carbocycles. The summed E-state index contributed by atoms with van der Waals surface area (Å²) in [5.74, 6) is -3.27. The van der Waals surface area contributed by atoms with Gasteiger partial charge in [0.1, 0.15) is 30.8 Å². The van der Waals surface area contributed by atoms with Gasteiger partial charge in [0.05, 0.1) is 16.9 Å². The molecule has 13 heteroatoms. The standard InChI is InChI=1S/C47H45N2O10P/c1-32(59-47(53)58-31-34-26-28-35(29-27-34)49(54)55)41-42(39-24-15-25-40(56-2)43(39)50)48(44(41)51)45(46(52)57-30-33-16-7-3-8-17-33)60(36-18-9-4-10-19-36,37-20-11-5-12-21-37)38-22-13-6-14-23-38/h3-14,16-23,26-29,32,39-42H,15,24-25,30-31H2,1-2H3/t32-,39-,40-,41-,42-/m1/s1. The molecule has 0 aromatic heterocycles. The van der Waals surface area contributed by atoms with Crippen LogP contribution in [0.25, 0.3) is 0 Å². The fourth-order valence-corrected chi connectivity index (χ4v) is 12.8. The number of likely N-dealkylation sites (tertiary alicyclic amines) is 1. The third-order valence-electron chi connectivity index (χ3n) is 11.2. The van der Waals surface area contributed by atoms with E-state index in [0.29, 0.717) is 24.8 Å². The van der Waals surface area contributed by atoms with Crippen molar-refractivity contribution in [2.45, 2.75) is 57.6 Å². The van der Waals surface area contributed by atoms with Crippen molar-refractivity contribution in [1.82, 2.24) is 4.90 Å². The summed E-state index contributed by atoms with van der Waals surface area (Å²) < 4.78 is 23.0. The van der Waals surface area contributed by atoms with E-state index in [2.05, 4.69) is 0 Å². The van der Waals surface area contributed by atoms with Crippen molar-refractivity contribution < 1.29 is 43.0 Å². The van der Waals surface area contributed by atoms with Gasteiger partial charge < -0.3 is 23.8 Å². The van der Waals surface area contributed by atoms with E-state index in [1.807, 2.05) is 121 Å². The first-order valence-electron chi connectivity index (χ1n) is 19.8. The fraction of sp³-hybridized carbons (Fsp3) is 0.255. The van der Waals surface area contributed by atoms with Crippen molar-refractivity contribution in [3.63, 3.8) is 0 Å². The minimum absolute atomic E-state index is 0.0775. The first kappa shape index (κ1) is 41.8. The van der Waals surface area contributed by atoms with Gasteiger partial charge in [0, 0.05) is 32.0 Å². The highest BCUT2D eigenvalue weighted by Crippen LogP contribution is 2.51. The number of esters is 1. The maximum Gasteiger partial charge on any atom is 0.508 e. The number of Topliss-reactive ketones (excluding diaryl/α,β-unsaturated/α-hetero) is 1. The molecule has 5 atom stereocenters. The van der Waals surface area contributed by atoms with Gasteiger partial charge in [0.25, 0.3) is 5.69 Å². The van der Waals surface area contributed by atoms with Crippen molar-refractivity contribution in [3.8, 4) is 0 Å². The summed E-state index contributed by atoms with van der Waals surface area (Å²) in [5.41, 5.74) is 1.23. The number of nitro groups is 1. The molecule has 0 radical (unpaired) electrons. The van der Waals surface area contributed by atoms with Crippen LogP contribution in [0.15, 0.2) is 146 Å². The number of hydrogen-bond acceptors (Lipinski definition) is 10. The van der Waals surface area contributed by atoms with Gasteiger partial charge in [-0.25, -0.2) is 9.59 Å². The van der Waals surface area contributed by atoms with Gasteiger partial charge in [-0.2, -0.15) is 0 Å². The monoisotopic (exact) mass is 828 g/mol. The highest BCUT2D eigenvalue weighted by molar-refractivity contribution is 7.96. The van der Waals surface area contributed by atoms with Crippen LogP contribution in [-0.2, 0) is 46.5 Å². The number of β-lactam (4-membered cyclic amide) rings is 1. The summed E-state index contributed by atoms with van der Waals surface area (Å²) in [6, 6.07) is 42.6. The molecule has 308 valence electrons. The van der Waals surface area contributed by atoms with Gasteiger partial charge in [-0.05, 0) is 65.4 Å². The number of non-ortho nitro benzene ring substituents is 1. The molecule has 12 nitrogen and oxygen atoms in total. The Hall–Kier alpha value is -6.36. The quantitative estimate of drug-likeness (QED) is 0.0388. The third-order valence-corrected chi connectivity index (χ3v) is 15.5. The van der Waals surface area contributed by atoms with Crippen LogP contribution in [0.5, 0.6) is 0 Å². The van der Waals surface area contributed by atoms with Gasteiger partial charge in [-0.15, -0.1) is 0 Å². The largest absolute Gasteiger partial charge is 0.508 e. The Morgan fingerprint density at radius 2 is 1.23 bits per heavy atom. The van der Waals surface area contributed by atoms with Crippen molar-refractivity contribution in [3.05, 3.63) is 167 Å². The van der Waals surface area contributed by atoms with Crippen molar-refractivity contribution in [2.24, 2.45) is 11.8 Å². The van der Waals surface area contributed by atoms with Crippen LogP contribution in [0, 0.1) is 22.0 Å². The molecule has 0 bridgehead atoms. The normalized spacial score (nSPS) is 19.4. The maximum atomic E-state index is 15.3. The van der Waals surface area contributed by atoms with E-state index in [0.717, 1.165) is 21.5 Å². The van der Waals surface area contributed by atoms with Gasteiger partial charge in [-0.3, -0.25) is 19.7 Å². The number of ketones is 1. The lowest BCUT2D eigenvalue weighted by atomic mass is 9.69. The van der Waals surface area contributed by atoms with Gasteiger partial charge in [-0.1, -0.05) is 121 Å². The van der Waals surface area contributed by atoms with Crippen LogP contribution >= 0.6 is 6.89 Å². The molecule has 5 aromatic carbocycles. The van der Waals surface area contributed by atoms with Crippen LogP contribution in [0.4, 0.5) is 10.5 Å². The Bertz CT molecular complexity index is 2270. The molecule has 7 rings (SSSR count). The van der Waals surface area contributed by atoms with E-state index in [4.69, 9.17) is 18.9 Å². The molecule has 5 aromatic rings. The van der Waals surface area contributed by atoms with Crippen molar-refractivity contribution in [1.29, 1.82) is 0 Å². The SMILES string of the molecule is CO[C@@H]1CCC[C@H]([C@@H]2[C@@H]([C@@H](C)OC(=O)OCc3ccc([N+](=O)[O-])cc3)C(=O)N2C(C(=O)OCc2ccccc2)=P(c2ccccc2)(c2ccccc2)c2ccccc2)C1=O. The van der Waals surface area contributed by atoms with Crippen LogP contribution < -0.4 is 15.9 Å². The first-order chi connectivity index (χ1) is 29.1. The number of rotatable bonds is 14. The fourth-order valence-electron chi connectivity index (χ4n) is 8.37. The lowest BCUT2D eigenvalue weighted by Crippen LogP contribution is -2.72. The first-order valence-corrected chi connectivity index (χ1v) is 21.5.